The number of furan rings is 1. The third kappa shape index (κ3) is 2.23. The molecule has 0 unspecified atom stereocenters. The van der Waals surface area contributed by atoms with Gasteiger partial charge in [-0.05, 0) is 29.7 Å². The quantitative estimate of drug-likeness (QED) is 0.747. The third-order valence-electron chi connectivity index (χ3n) is 2.22. The number of allylic oxidation sites excluding steroid dienone is 1. The van der Waals surface area contributed by atoms with Gasteiger partial charge in [0.2, 0.25) is 0 Å². The van der Waals surface area contributed by atoms with Gasteiger partial charge < -0.3 is 4.42 Å². The molecule has 2 aromatic rings. The Morgan fingerprint density at radius 2 is 2.38 bits per heavy atom. The summed E-state index contributed by atoms with van der Waals surface area (Å²) in [6.07, 6.45) is 2.65. The fourth-order valence-corrected chi connectivity index (χ4v) is 2.09. The Morgan fingerprint density at radius 3 is 2.94 bits per heavy atom. The second-order valence-corrected chi connectivity index (χ2v) is 4.25. The molecule has 0 saturated carbocycles. The van der Waals surface area contributed by atoms with E-state index in [0.717, 1.165) is 22.8 Å². The predicted octanol–water partition coefficient (Wildman–Crippen LogP) is 3.97. The summed E-state index contributed by atoms with van der Waals surface area (Å²) in [5.41, 5.74) is 0.645. The zero-order valence-electron chi connectivity index (χ0n) is 8.93. The normalized spacial score (nSPS) is 11.4. The number of thiophene rings is 1. The molecule has 0 fully saturated rings. The van der Waals surface area contributed by atoms with E-state index in [1.54, 1.807) is 17.4 Å². The summed E-state index contributed by atoms with van der Waals surface area (Å²) < 4.78 is 5.54. The van der Waals surface area contributed by atoms with Crippen LogP contribution in [-0.2, 0) is 6.42 Å². The van der Waals surface area contributed by atoms with Crippen molar-refractivity contribution in [1.29, 1.82) is 5.26 Å². The summed E-state index contributed by atoms with van der Waals surface area (Å²) in [5.74, 6) is 1.68. The molecule has 2 aromatic heterocycles. The Balaban J connectivity index is 2.32. The molecular formula is C13H11NOS. The van der Waals surface area contributed by atoms with Crippen molar-refractivity contribution in [3.8, 4) is 6.07 Å². The Labute approximate surface area is 98.5 Å². The number of aryl methyl sites for hydroxylation is 1. The van der Waals surface area contributed by atoms with Gasteiger partial charge in [-0.15, -0.1) is 11.3 Å². The molecule has 0 N–H and O–H groups in total. The van der Waals surface area contributed by atoms with Crippen LogP contribution < -0.4 is 0 Å². The summed E-state index contributed by atoms with van der Waals surface area (Å²) in [6.45, 7) is 2.04. The first-order chi connectivity index (χ1) is 7.83. The first-order valence-corrected chi connectivity index (χ1v) is 5.96. The van der Waals surface area contributed by atoms with E-state index in [0.29, 0.717) is 5.57 Å². The largest absolute Gasteiger partial charge is 0.462 e. The third-order valence-corrected chi connectivity index (χ3v) is 3.13. The average Bonchev–Trinajstić information content (AvgIpc) is 2.96. The molecule has 2 rings (SSSR count). The van der Waals surface area contributed by atoms with E-state index in [2.05, 4.69) is 6.07 Å². The van der Waals surface area contributed by atoms with Crippen molar-refractivity contribution in [2.45, 2.75) is 13.3 Å². The Morgan fingerprint density at radius 1 is 1.50 bits per heavy atom. The van der Waals surface area contributed by atoms with Crippen molar-refractivity contribution >= 4 is 23.0 Å². The van der Waals surface area contributed by atoms with Crippen LogP contribution in [0.2, 0.25) is 0 Å². The predicted molar refractivity (Wildman–Crippen MR) is 65.9 cm³/mol. The summed E-state index contributed by atoms with van der Waals surface area (Å²) in [6, 6.07) is 9.89. The molecule has 0 aliphatic rings. The van der Waals surface area contributed by atoms with Crippen LogP contribution in [0.4, 0.5) is 0 Å². The van der Waals surface area contributed by atoms with Crippen LogP contribution in [0.3, 0.4) is 0 Å². The van der Waals surface area contributed by atoms with E-state index in [1.807, 2.05) is 36.6 Å². The minimum atomic E-state index is 0.645. The lowest BCUT2D eigenvalue weighted by molar-refractivity contribution is 0.508. The van der Waals surface area contributed by atoms with Gasteiger partial charge in [-0.2, -0.15) is 5.26 Å². The molecule has 0 radical (unpaired) electrons. The average molecular weight is 229 g/mol. The van der Waals surface area contributed by atoms with Gasteiger partial charge in [-0.25, -0.2) is 0 Å². The van der Waals surface area contributed by atoms with Gasteiger partial charge in [-0.3, -0.25) is 0 Å². The lowest BCUT2D eigenvalue weighted by atomic mass is 10.2. The minimum Gasteiger partial charge on any atom is -0.462 e. The summed E-state index contributed by atoms with van der Waals surface area (Å²) in [7, 11) is 0. The highest BCUT2D eigenvalue weighted by Crippen LogP contribution is 2.22. The molecule has 80 valence electrons. The van der Waals surface area contributed by atoms with Gasteiger partial charge in [0, 0.05) is 11.3 Å². The Bertz CT molecular complexity index is 529. The van der Waals surface area contributed by atoms with Gasteiger partial charge in [0.25, 0.3) is 0 Å². The van der Waals surface area contributed by atoms with E-state index in [1.165, 1.54) is 0 Å². The Hall–Kier alpha value is -1.79. The van der Waals surface area contributed by atoms with Crippen molar-refractivity contribution in [1.82, 2.24) is 0 Å². The molecule has 0 aliphatic heterocycles. The van der Waals surface area contributed by atoms with Crippen LogP contribution in [-0.4, -0.2) is 0 Å². The second kappa shape index (κ2) is 4.82. The van der Waals surface area contributed by atoms with Crippen LogP contribution in [0.15, 0.2) is 34.1 Å². The van der Waals surface area contributed by atoms with E-state index in [4.69, 9.17) is 9.68 Å². The highest BCUT2D eigenvalue weighted by atomic mass is 32.1. The molecular weight excluding hydrogens is 218 g/mol. The molecule has 3 heteroatoms. The molecule has 0 aliphatic carbocycles. The maximum Gasteiger partial charge on any atom is 0.128 e. The number of rotatable bonds is 3. The molecule has 0 saturated heterocycles. The first-order valence-electron chi connectivity index (χ1n) is 5.08. The summed E-state index contributed by atoms with van der Waals surface area (Å²) >= 11 is 1.55. The van der Waals surface area contributed by atoms with Gasteiger partial charge in [0.05, 0.1) is 5.57 Å². The van der Waals surface area contributed by atoms with Crippen molar-refractivity contribution in [3.63, 3.8) is 0 Å². The van der Waals surface area contributed by atoms with Crippen LogP contribution in [0.1, 0.15) is 23.3 Å². The SMILES string of the molecule is CCc1ccc(C=C(C#N)c2cccs2)o1. The minimum absolute atomic E-state index is 0.645. The molecule has 0 amide bonds. The van der Waals surface area contributed by atoms with Crippen molar-refractivity contribution in [2.24, 2.45) is 0 Å². The second-order valence-electron chi connectivity index (χ2n) is 3.30. The van der Waals surface area contributed by atoms with E-state index < -0.39 is 0 Å². The zero-order valence-corrected chi connectivity index (χ0v) is 9.75. The lowest BCUT2D eigenvalue weighted by Gasteiger charge is -1.92. The highest BCUT2D eigenvalue weighted by molar-refractivity contribution is 7.11. The number of hydrogen-bond acceptors (Lipinski definition) is 3. The van der Waals surface area contributed by atoms with E-state index in [-0.39, 0.29) is 0 Å². The van der Waals surface area contributed by atoms with Gasteiger partial charge in [-0.1, -0.05) is 13.0 Å². The zero-order chi connectivity index (χ0) is 11.4. The number of nitrogens with zero attached hydrogens (tertiary/aromatic N) is 1. The van der Waals surface area contributed by atoms with Crippen LogP contribution in [0, 0.1) is 11.3 Å². The fourth-order valence-electron chi connectivity index (χ4n) is 1.39. The van der Waals surface area contributed by atoms with E-state index in [9.17, 15) is 0 Å². The standard InChI is InChI=1S/C13H11NOS/c1-2-11-5-6-12(15-11)8-10(9-14)13-4-3-7-16-13/h3-8H,2H2,1H3. The molecule has 2 heterocycles. The lowest BCUT2D eigenvalue weighted by Crippen LogP contribution is -1.74. The van der Waals surface area contributed by atoms with Crippen LogP contribution in [0.5, 0.6) is 0 Å². The summed E-state index contributed by atoms with van der Waals surface area (Å²) in [4.78, 5) is 0.969. The van der Waals surface area contributed by atoms with Gasteiger partial charge >= 0.3 is 0 Å². The van der Waals surface area contributed by atoms with Gasteiger partial charge in [0.1, 0.15) is 17.6 Å². The summed E-state index contributed by atoms with van der Waals surface area (Å²) in [5, 5.41) is 11.0. The maximum atomic E-state index is 9.07. The molecule has 0 aromatic carbocycles. The fraction of sp³-hybridized carbons (Fsp3) is 0.154. The smallest absolute Gasteiger partial charge is 0.128 e. The number of nitriles is 1. The van der Waals surface area contributed by atoms with Crippen LogP contribution >= 0.6 is 11.3 Å². The molecule has 2 nitrogen and oxygen atoms in total. The topological polar surface area (TPSA) is 36.9 Å². The number of hydrogen-bond donors (Lipinski definition) is 0. The van der Waals surface area contributed by atoms with Crippen LogP contribution in [0.25, 0.3) is 11.6 Å². The van der Waals surface area contributed by atoms with Crippen molar-refractivity contribution < 1.29 is 4.42 Å². The maximum absolute atomic E-state index is 9.07. The monoisotopic (exact) mass is 229 g/mol. The molecule has 0 bridgehead atoms. The van der Waals surface area contributed by atoms with E-state index >= 15 is 0 Å². The first kappa shape index (κ1) is 10.7. The van der Waals surface area contributed by atoms with Gasteiger partial charge in [0.15, 0.2) is 0 Å². The molecule has 16 heavy (non-hydrogen) atoms. The van der Waals surface area contributed by atoms with Crippen molar-refractivity contribution in [2.75, 3.05) is 0 Å². The molecule has 0 atom stereocenters. The highest BCUT2D eigenvalue weighted by Gasteiger charge is 2.04. The Kier molecular flexibility index (Phi) is 3.23. The van der Waals surface area contributed by atoms with Crippen molar-refractivity contribution in [3.05, 3.63) is 46.0 Å². The molecule has 0 spiro atoms.